The van der Waals surface area contributed by atoms with Gasteiger partial charge in [-0.3, -0.25) is 14.4 Å². The zero-order chi connectivity index (χ0) is 18.3. The summed E-state index contributed by atoms with van der Waals surface area (Å²) < 4.78 is 5.59. The molecule has 2 heterocycles. The average Bonchev–Trinajstić information content (AvgIpc) is 3.06. The fourth-order valence-electron chi connectivity index (χ4n) is 2.92. The van der Waals surface area contributed by atoms with Crippen LogP contribution in [0.25, 0.3) is 0 Å². The van der Waals surface area contributed by atoms with Gasteiger partial charge in [-0.2, -0.15) is 5.10 Å². The molecular weight excluding hydrogens is 394 g/mol. The maximum Gasteiger partial charge on any atom is 0.355 e. The van der Waals surface area contributed by atoms with Crippen molar-refractivity contribution in [1.29, 1.82) is 0 Å². The van der Waals surface area contributed by atoms with Crippen molar-refractivity contribution in [3.63, 3.8) is 0 Å². The molecule has 1 aromatic rings. The zero-order valence-electron chi connectivity index (χ0n) is 13.4. The van der Waals surface area contributed by atoms with Crippen molar-refractivity contribution in [2.24, 2.45) is 11.0 Å². The molecule has 0 spiro atoms. The van der Waals surface area contributed by atoms with Crippen LogP contribution in [0.15, 0.2) is 33.8 Å². The highest BCUT2D eigenvalue weighted by Gasteiger charge is 2.59. The lowest BCUT2D eigenvalue weighted by molar-refractivity contribution is -0.136. The lowest BCUT2D eigenvalue weighted by Gasteiger charge is -2.19. The van der Waals surface area contributed by atoms with E-state index < -0.39 is 35.7 Å². The zero-order valence-corrected chi connectivity index (χ0v) is 15.0. The minimum atomic E-state index is -1.16. The highest BCUT2D eigenvalue weighted by molar-refractivity contribution is 9.10. The largest absolute Gasteiger partial charge is 0.461 e. The Hall–Kier alpha value is -2.55. The van der Waals surface area contributed by atoms with Crippen molar-refractivity contribution in [1.82, 2.24) is 5.01 Å². The van der Waals surface area contributed by atoms with Crippen LogP contribution in [0.1, 0.15) is 13.8 Å². The predicted octanol–water partition coefficient (Wildman–Crippen LogP) is 1.09. The summed E-state index contributed by atoms with van der Waals surface area (Å²) in [6, 6.07) is 5.47. The molecule has 2 aliphatic heterocycles. The first-order valence-corrected chi connectivity index (χ1v) is 8.35. The minimum absolute atomic E-state index is 0.0901. The Labute approximate surface area is 151 Å². The normalized spacial score (nSPS) is 22.1. The molecule has 0 radical (unpaired) electrons. The number of hydrogen-bond donors (Lipinski definition) is 0. The topological polar surface area (TPSA) is 96.3 Å². The Morgan fingerprint density at radius 3 is 2.60 bits per heavy atom. The molecule has 3 amide bonds. The van der Waals surface area contributed by atoms with Gasteiger partial charge in [0.25, 0.3) is 5.91 Å². The van der Waals surface area contributed by atoms with Crippen LogP contribution in [-0.4, -0.2) is 47.1 Å². The number of anilines is 1. The molecule has 2 atom stereocenters. The van der Waals surface area contributed by atoms with E-state index in [4.69, 9.17) is 4.74 Å². The molecule has 25 heavy (non-hydrogen) atoms. The molecule has 0 aromatic heterocycles. The summed E-state index contributed by atoms with van der Waals surface area (Å²) in [6.45, 7) is 2.92. The Morgan fingerprint density at radius 2 is 2.00 bits per heavy atom. The number of amides is 3. The molecule has 8 nitrogen and oxygen atoms in total. The van der Waals surface area contributed by atoms with Crippen molar-refractivity contribution in [2.45, 2.75) is 19.9 Å². The summed E-state index contributed by atoms with van der Waals surface area (Å²) in [5.41, 5.74) is 0.128. The summed E-state index contributed by atoms with van der Waals surface area (Å²) in [7, 11) is 0. The Kier molecular flexibility index (Phi) is 4.42. The molecule has 0 saturated carbocycles. The number of nitrogens with zero attached hydrogens (tertiary/aromatic N) is 3. The number of hydrazone groups is 1. The number of carbonyl (C=O) groups is 4. The summed E-state index contributed by atoms with van der Waals surface area (Å²) in [5.74, 6) is -3.71. The van der Waals surface area contributed by atoms with E-state index >= 15 is 0 Å². The van der Waals surface area contributed by atoms with Crippen molar-refractivity contribution in [2.75, 3.05) is 11.5 Å². The van der Waals surface area contributed by atoms with Crippen LogP contribution in [0.2, 0.25) is 0 Å². The van der Waals surface area contributed by atoms with Gasteiger partial charge >= 0.3 is 5.97 Å². The molecule has 0 unspecified atom stereocenters. The van der Waals surface area contributed by atoms with Crippen LogP contribution in [-0.2, 0) is 23.9 Å². The fourth-order valence-corrected chi connectivity index (χ4v) is 3.31. The van der Waals surface area contributed by atoms with E-state index in [1.165, 1.54) is 6.92 Å². The molecule has 0 bridgehead atoms. The third-order valence-electron chi connectivity index (χ3n) is 3.92. The molecular formula is C16H14BrN3O5. The van der Waals surface area contributed by atoms with Gasteiger partial charge in [0.2, 0.25) is 11.8 Å². The van der Waals surface area contributed by atoms with Gasteiger partial charge < -0.3 is 4.74 Å². The average molecular weight is 408 g/mol. The number of carbonyl (C=O) groups excluding carboxylic acids is 4. The van der Waals surface area contributed by atoms with E-state index in [0.29, 0.717) is 10.2 Å². The first kappa shape index (κ1) is 17.3. The number of benzene rings is 1. The Balaban J connectivity index is 2.04. The van der Waals surface area contributed by atoms with E-state index in [2.05, 4.69) is 21.0 Å². The molecule has 0 aliphatic carbocycles. The van der Waals surface area contributed by atoms with Crippen LogP contribution in [0.3, 0.4) is 0 Å². The first-order valence-electron chi connectivity index (χ1n) is 7.55. The quantitative estimate of drug-likeness (QED) is 0.551. The van der Waals surface area contributed by atoms with Crippen LogP contribution >= 0.6 is 15.9 Å². The smallest absolute Gasteiger partial charge is 0.355 e. The summed E-state index contributed by atoms with van der Waals surface area (Å²) in [4.78, 5) is 50.6. The van der Waals surface area contributed by atoms with Gasteiger partial charge in [0.1, 0.15) is 5.92 Å². The van der Waals surface area contributed by atoms with Crippen molar-refractivity contribution in [3.05, 3.63) is 28.7 Å². The van der Waals surface area contributed by atoms with Crippen LogP contribution < -0.4 is 4.90 Å². The Morgan fingerprint density at radius 1 is 1.28 bits per heavy atom. The van der Waals surface area contributed by atoms with E-state index in [0.717, 1.165) is 9.91 Å². The van der Waals surface area contributed by atoms with Gasteiger partial charge in [-0.05, 0) is 25.1 Å². The lowest BCUT2D eigenvalue weighted by Crippen LogP contribution is -2.41. The van der Waals surface area contributed by atoms with E-state index in [1.807, 2.05) is 0 Å². The fraction of sp³-hybridized carbons (Fsp3) is 0.312. The van der Waals surface area contributed by atoms with Crippen molar-refractivity contribution >= 4 is 51.0 Å². The molecule has 130 valence electrons. The third-order valence-corrected chi connectivity index (χ3v) is 4.42. The van der Waals surface area contributed by atoms with Crippen molar-refractivity contribution in [3.8, 4) is 0 Å². The van der Waals surface area contributed by atoms with Gasteiger partial charge in [-0.25, -0.2) is 14.7 Å². The van der Waals surface area contributed by atoms with Gasteiger partial charge in [-0.15, -0.1) is 0 Å². The Bertz CT molecular complexity index is 822. The van der Waals surface area contributed by atoms with E-state index in [1.54, 1.807) is 31.2 Å². The van der Waals surface area contributed by atoms with Crippen LogP contribution in [0.5, 0.6) is 0 Å². The number of hydrogen-bond acceptors (Lipinski definition) is 6. The summed E-state index contributed by atoms with van der Waals surface area (Å²) >= 11 is 3.29. The monoisotopic (exact) mass is 407 g/mol. The molecule has 9 heteroatoms. The van der Waals surface area contributed by atoms with Crippen LogP contribution in [0, 0.1) is 5.92 Å². The maximum atomic E-state index is 12.9. The van der Waals surface area contributed by atoms with Gasteiger partial charge in [0.15, 0.2) is 11.8 Å². The maximum absolute atomic E-state index is 12.9. The molecule has 1 aromatic carbocycles. The standard InChI is InChI=1S/C16H14BrN3O5/c1-3-25-16(24)12-11-13(20(18-12)8(2)21)15(23)19(14(11)22)10-6-4-5-9(17)7-10/h4-7,11,13H,3H2,1-2H3/t11-,13+/m0/s1. The van der Waals surface area contributed by atoms with Crippen molar-refractivity contribution < 1.29 is 23.9 Å². The molecule has 2 aliphatic rings. The second kappa shape index (κ2) is 6.40. The van der Waals surface area contributed by atoms with Gasteiger partial charge in [0.05, 0.1) is 12.3 Å². The number of rotatable bonds is 3. The first-order chi connectivity index (χ1) is 11.9. The SMILES string of the molecule is CCOC(=O)C1=NN(C(C)=O)[C@H]2C(=O)N(c3cccc(Br)c3)C(=O)[C@@H]12. The lowest BCUT2D eigenvalue weighted by atomic mass is 9.98. The second-order valence-electron chi connectivity index (χ2n) is 5.48. The highest BCUT2D eigenvalue weighted by Crippen LogP contribution is 2.36. The third kappa shape index (κ3) is 2.74. The molecule has 1 saturated heterocycles. The number of esters is 1. The second-order valence-corrected chi connectivity index (χ2v) is 6.40. The highest BCUT2D eigenvalue weighted by atomic mass is 79.9. The van der Waals surface area contributed by atoms with Gasteiger partial charge in [0, 0.05) is 11.4 Å². The summed E-state index contributed by atoms with van der Waals surface area (Å²) in [6.07, 6.45) is 0. The van der Waals surface area contributed by atoms with E-state index in [9.17, 15) is 19.2 Å². The number of fused-ring (bicyclic) bond motifs is 1. The molecule has 0 N–H and O–H groups in total. The number of ether oxygens (including phenoxy) is 1. The number of halogens is 1. The van der Waals surface area contributed by atoms with Crippen LogP contribution in [0.4, 0.5) is 5.69 Å². The minimum Gasteiger partial charge on any atom is -0.461 e. The van der Waals surface area contributed by atoms with Gasteiger partial charge in [-0.1, -0.05) is 22.0 Å². The molecule has 3 rings (SSSR count). The van der Waals surface area contributed by atoms with E-state index in [-0.39, 0.29) is 12.3 Å². The molecule has 1 fully saturated rings. The number of imide groups is 1. The predicted molar refractivity (Wildman–Crippen MR) is 90.5 cm³/mol. The summed E-state index contributed by atoms with van der Waals surface area (Å²) in [5, 5.41) is 4.77.